The van der Waals surface area contributed by atoms with E-state index in [9.17, 15) is 10.2 Å². The molecule has 19 heavy (non-hydrogen) atoms. The second-order valence-corrected chi connectivity index (χ2v) is 5.01. The van der Waals surface area contributed by atoms with E-state index in [2.05, 4.69) is 15.0 Å². The summed E-state index contributed by atoms with van der Waals surface area (Å²) in [5.74, 6) is -0.185. The molecular formula is C10H14N4O4Si. The normalized spacial score (nSPS) is 27.3. The van der Waals surface area contributed by atoms with Gasteiger partial charge in [-0.2, -0.15) is 4.98 Å². The number of aliphatic hydroxyl groups is 1. The van der Waals surface area contributed by atoms with Gasteiger partial charge in [-0.25, -0.2) is 9.97 Å². The highest BCUT2D eigenvalue weighted by Gasteiger charge is 2.36. The molecule has 2 N–H and O–H groups in total. The van der Waals surface area contributed by atoms with Crippen molar-refractivity contribution in [1.29, 1.82) is 0 Å². The van der Waals surface area contributed by atoms with Crippen LogP contribution in [-0.4, -0.2) is 59.0 Å². The molecule has 0 radical (unpaired) electrons. The van der Waals surface area contributed by atoms with Gasteiger partial charge in [0.1, 0.15) is 22.9 Å². The van der Waals surface area contributed by atoms with Crippen LogP contribution in [0.3, 0.4) is 0 Å². The van der Waals surface area contributed by atoms with Crippen molar-refractivity contribution in [3.8, 4) is 5.88 Å². The van der Waals surface area contributed by atoms with Gasteiger partial charge >= 0.3 is 0 Å². The first kappa shape index (κ1) is 12.5. The van der Waals surface area contributed by atoms with E-state index < -0.39 is 12.3 Å². The van der Waals surface area contributed by atoms with Crippen molar-refractivity contribution in [1.82, 2.24) is 19.5 Å². The molecule has 3 atom stereocenters. The third-order valence-electron chi connectivity index (χ3n) is 3.13. The lowest BCUT2D eigenvalue weighted by atomic mass is 10.2. The van der Waals surface area contributed by atoms with E-state index in [0.717, 1.165) is 0 Å². The second kappa shape index (κ2) is 4.85. The number of aromatic nitrogens is 4. The summed E-state index contributed by atoms with van der Waals surface area (Å²) >= 11 is 0. The molecule has 2 aromatic heterocycles. The zero-order chi connectivity index (χ0) is 13.4. The molecule has 0 amide bonds. The molecule has 0 bridgehead atoms. The minimum Gasteiger partial charge on any atom is -0.492 e. The molecule has 1 fully saturated rings. The molecule has 1 unspecified atom stereocenters. The van der Waals surface area contributed by atoms with E-state index in [1.807, 2.05) is 0 Å². The summed E-state index contributed by atoms with van der Waals surface area (Å²) in [6.07, 6.45) is 1.87. The predicted molar refractivity (Wildman–Crippen MR) is 67.4 cm³/mol. The van der Waals surface area contributed by atoms with Gasteiger partial charge in [0.15, 0.2) is 17.4 Å². The maximum Gasteiger partial charge on any atom is 0.242 e. The first-order valence-electron chi connectivity index (χ1n) is 5.89. The summed E-state index contributed by atoms with van der Waals surface area (Å²) in [5.41, 5.74) is 0.727. The molecule has 0 aliphatic carbocycles. The lowest BCUT2D eigenvalue weighted by Crippen LogP contribution is -2.19. The average Bonchev–Trinajstić information content (AvgIpc) is 2.94. The average molecular weight is 282 g/mol. The Kier molecular flexibility index (Phi) is 3.19. The van der Waals surface area contributed by atoms with Gasteiger partial charge in [-0.1, -0.05) is 0 Å². The Bertz CT molecular complexity index is 592. The summed E-state index contributed by atoms with van der Waals surface area (Å²) in [6, 6.07) is 0. The SMILES string of the molecule is Oc1ncnc2c1ncn2[C@@H]1O[C@H](CO[SiH3])CC1O. The van der Waals surface area contributed by atoms with Crippen LogP contribution < -0.4 is 0 Å². The van der Waals surface area contributed by atoms with Crippen molar-refractivity contribution in [3.05, 3.63) is 12.7 Å². The molecule has 102 valence electrons. The topological polar surface area (TPSA) is 103 Å². The number of fused-ring (bicyclic) bond motifs is 1. The number of ether oxygens (including phenoxy) is 1. The molecular weight excluding hydrogens is 268 g/mol. The molecule has 2 aromatic rings. The molecule has 0 spiro atoms. The van der Waals surface area contributed by atoms with Crippen LogP contribution in [0, 0.1) is 0 Å². The molecule has 0 aromatic carbocycles. The summed E-state index contributed by atoms with van der Waals surface area (Å²) in [7, 11) is 0.637. The lowest BCUT2D eigenvalue weighted by Gasteiger charge is -2.16. The maximum atomic E-state index is 10.1. The molecule has 3 rings (SSSR count). The number of aliphatic hydroxyl groups excluding tert-OH is 1. The Morgan fingerprint density at radius 3 is 3.11 bits per heavy atom. The van der Waals surface area contributed by atoms with Gasteiger partial charge in [0.25, 0.3) is 0 Å². The standard InChI is InChI=1S/C10H14N4O4Si/c15-6-1-5(2-17-19)18-10(6)14-4-13-7-8(14)11-3-12-9(7)16/h3-6,10,15H,1-2H2,19H3,(H,11,12,16)/t5-,6?,10+/m0/s1. The molecule has 9 heteroatoms. The van der Waals surface area contributed by atoms with E-state index in [4.69, 9.17) is 9.16 Å². The van der Waals surface area contributed by atoms with Crippen molar-refractivity contribution in [2.75, 3.05) is 6.61 Å². The largest absolute Gasteiger partial charge is 0.492 e. The highest BCUT2D eigenvalue weighted by molar-refractivity contribution is 5.97. The van der Waals surface area contributed by atoms with E-state index in [-0.39, 0.29) is 12.0 Å². The molecule has 8 nitrogen and oxygen atoms in total. The minimum atomic E-state index is -0.656. The fourth-order valence-corrected chi connectivity index (χ4v) is 2.67. The molecule has 3 heterocycles. The fourth-order valence-electron chi connectivity index (χ4n) is 2.30. The summed E-state index contributed by atoms with van der Waals surface area (Å²) in [6.45, 7) is 0.479. The van der Waals surface area contributed by atoms with Crippen molar-refractivity contribution >= 4 is 21.6 Å². The van der Waals surface area contributed by atoms with E-state index in [0.29, 0.717) is 34.7 Å². The van der Waals surface area contributed by atoms with E-state index in [1.165, 1.54) is 12.7 Å². The lowest BCUT2D eigenvalue weighted by molar-refractivity contribution is -0.0451. The monoisotopic (exact) mass is 282 g/mol. The van der Waals surface area contributed by atoms with Gasteiger partial charge in [0.05, 0.1) is 19.0 Å². The van der Waals surface area contributed by atoms with Crippen molar-refractivity contribution in [2.24, 2.45) is 0 Å². The number of rotatable bonds is 3. The van der Waals surface area contributed by atoms with Gasteiger partial charge in [-0.3, -0.25) is 4.57 Å². The molecule has 1 aliphatic rings. The number of nitrogens with zero attached hydrogens (tertiary/aromatic N) is 4. The number of hydrogen-bond acceptors (Lipinski definition) is 7. The van der Waals surface area contributed by atoms with Crippen LogP contribution in [0.25, 0.3) is 11.2 Å². The molecule has 1 saturated heterocycles. The number of aromatic hydroxyl groups is 1. The van der Waals surface area contributed by atoms with Gasteiger partial charge in [0, 0.05) is 6.42 Å². The van der Waals surface area contributed by atoms with Crippen LogP contribution in [0.15, 0.2) is 12.7 Å². The van der Waals surface area contributed by atoms with E-state index >= 15 is 0 Å². The Morgan fingerprint density at radius 2 is 2.32 bits per heavy atom. The molecule has 0 saturated carbocycles. The third-order valence-corrected chi connectivity index (χ3v) is 3.46. The van der Waals surface area contributed by atoms with Crippen LogP contribution in [0.4, 0.5) is 0 Å². The van der Waals surface area contributed by atoms with Gasteiger partial charge in [0.2, 0.25) is 5.88 Å². The first-order chi connectivity index (χ1) is 9.20. The second-order valence-electron chi connectivity index (χ2n) is 4.43. The Hall–Kier alpha value is -1.55. The first-order valence-corrected chi connectivity index (χ1v) is 6.71. The number of imidazole rings is 1. The van der Waals surface area contributed by atoms with Gasteiger partial charge in [-0.15, -0.1) is 0 Å². The van der Waals surface area contributed by atoms with Crippen molar-refractivity contribution in [2.45, 2.75) is 24.9 Å². The van der Waals surface area contributed by atoms with Crippen LogP contribution in [0.1, 0.15) is 12.6 Å². The summed E-state index contributed by atoms with van der Waals surface area (Å²) < 4.78 is 12.5. The highest BCUT2D eigenvalue weighted by Crippen LogP contribution is 2.31. The zero-order valence-electron chi connectivity index (χ0n) is 10.3. The summed E-state index contributed by atoms with van der Waals surface area (Å²) in [4.78, 5) is 11.8. The maximum absolute atomic E-state index is 10.1. The Morgan fingerprint density at radius 1 is 1.47 bits per heavy atom. The van der Waals surface area contributed by atoms with Crippen molar-refractivity contribution < 1.29 is 19.4 Å². The Balaban J connectivity index is 1.94. The van der Waals surface area contributed by atoms with Crippen LogP contribution in [-0.2, 0) is 9.16 Å². The van der Waals surface area contributed by atoms with Crippen molar-refractivity contribution in [3.63, 3.8) is 0 Å². The summed E-state index contributed by atoms with van der Waals surface area (Å²) in [5, 5.41) is 19.6. The third kappa shape index (κ3) is 2.10. The smallest absolute Gasteiger partial charge is 0.242 e. The van der Waals surface area contributed by atoms with E-state index in [1.54, 1.807) is 4.57 Å². The fraction of sp³-hybridized carbons (Fsp3) is 0.500. The van der Waals surface area contributed by atoms with Crippen LogP contribution in [0.2, 0.25) is 0 Å². The minimum absolute atomic E-state index is 0.134. The predicted octanol–water partition coefficient (Wildman–Crippen LogP) is -1.52. The van der Waals surface area contributed by atoms with Crippen LogP contribution >= 0.6 is 0 Å². The zero-order valence-corrected chi connectivity index (χ0v) is 12.3. The van der Waals surface area contributed by atoms with Gasteiger partial charge < -0.3 is 19.4 Å². The Labute approximate surface area is 111 Å². The highest BCUT2D eigenvalue weighted by atomic mass is 28.2. The quantitative estimate of drug-likeness (QED) is 0.659. The van der Waals surface area contributed by atoms with Gasteiger partial charge in [-0.05, 0) is 0 Å². The van der Waals surface area contributed by atoms with Crippen LogP contribution in [0.5, 0.6) is 5.88 Å². The number of hydrogen-bond donors (Lipinski definition) is 2. The molecule has 1 aliphatic heterocycles.